The largest absolute Gasteiger partial charge is 0.379 e. The average molecular weight is 340 g/mol. The Balaban J connectivity index is 1.81. The van der Waals surface area contributed by atoms with Crippen molar-refractivity contribution < 1.29 is 0 Å². The van der Waals surface area contributed by atoms with Crippen LogP contribution < -0.4 is 5.73 Å². The molecule has 1 unspecified atom stereocenters. The van der Waals surface area contributed by atoms with E-state index in [1.165, 1.54) is 15.3 Å². The van der Waals surface area contributed by atoms with Crippen LogP contribution in [0.3, 0.4) is 0 Å². The van der Waals surface area contributed by atoms with E-state index in [0.717, 1.165) is 37.0 Å². The van der Waals surface area contributed by atoms with Gasteiger partial charge in [0.05, 0.1) is 5.54 Å². The Labute approximate surface area is 143 Å². The summed E-state index contributed by atoms with van der Waals surface area (Å²) in [6, 6.07) is 8.21. The van der Waals surface area contributed by atoms with E-state index in [9.17, 15) is 0 Å². The van der Waals surface area contributed by atoms with E-state index in [-0.39, 0.29) is 5.54 Å². The predicted octanol–water partition coefficient (Wildman–Crippen LogP) is 3.66. The van der Waals surface area contributed by atoms with E-state index < -0.39 is 0 Å². The zero-order valence-electron chi connectivity index (χ0n) is 12.6. The number of nitrogens with zero attached hydrogens (tertiary/aromatic N) is 3. The van der Waals surface area contributed by atoms with Gasteiger partial charge in [0.25, 0.3) is 0 Å². The van der Waals surface area contributed by atoms with Gasteiger partial charge in [-0.2, -0.15) is 5.26 Å². The minimum atomic E-state index is -0.122. The fourth-order valence-electron chi connectivity index (χ4n) is 3.47. The number of fused-ring (bicyclic) bond motifs is 2. The summed E-state index contributed by atoms with van der Waals surface area (Å²) in [4.78, 5) is 11.5. The van der Waals surface area contributed by atoms with Crippen molar-refractivity contribution in [2.45, 2.75) is 31.2 Å². The lowest BCUT2D eigenvalue weighted by molar-refractivity contribution is 0.368. The Bertz CT molecular complexity index is 833. The second-order valence-corrected chi connectivity index (χ2v) is 8.17. The normalized spacial score (nSPS) is 23.2. The molecule has 0 radical (unpaired) electrons. The van der Waals surface area contributed by atoms with E-state index in [0.29, 0.717) is 10.9 Å². The first-order chi connectivity index (χ1) is 11.2. The number of aryl methyl sites for hydroxylation is 1. The molecule has 0 saturated heterocycles. The van der Waals surface area contributed by atoms with Crippen LogP contribution >= 0.6 is 23.1 Å². The number of hydrogen-bond donors (Lipinski definition) is 1. The average Bonchev–Trinajstić information content (AvgIpc) is 3.01. The Morgan fingerprint density at radius 1 is 1.30 bits per heavy atom. The maximum atomic E-state index is 9.06. The SMILES string of the molecule is N#Cc1cc(-c2cc3c(s2)CCCC32CCSC(N)=N2)ccn1. The number of aliphatic imine (C=N–C) groups is 1. The molecule has 0 aromatic carbocycles. The van der Waals surface area contributed by atoms with E-state index in [1.807, 2.05) is 23.5 Å². The summed E-state index contributed by atoms with van der Waals surface area (Å²) in [5, 5.41) is 9.77. The van der Waals surface area contributed by atoms with Crippen LogP contribution in [0.4, 0.5) is 0 Å². The van der Waals surface area contributed by atoms with Gasteiger partial charge in [0.2, 0.25) is 0 Å². The smallest absolute Gasteiger partial charge is 0.154 e. The van der Waals surface area contributed by atoms with Crippen molar-refractivity contribution in [3.8, 4) is 16.5 Å². The highest BCUT2D eigenvalue weighted by molar-refractivity contribution is 8.13. The number of hydrogen-bond acceptors (Lipinski definition) is 6. The number of nitriles is 1. The Kier molecular flexibility index (Phi) is 3.63. The second kappa shape index (κ2) is 5.66. The Morgan fingerprint density at radius 2 is 2.22 bits per heavy atom. The van der Waals surface area contributed by atoms with Crippen LogP contribution in [-0.4, -0.2) is 15.9 Å². The summed E-state index contributed by atoms with van der Waals surface area (Å²) in [6.07, 6.45) is 6.11. The van der Waals surface area contributed by atoms with Gasteiger partial charge in [-0.3, -0.25) is 4.99 Å². The van der Waals surface area contributed by atoms with Gasteiger partial charge < -0.3 is 5.73 Å². The molecule has 2 aromatic heterocycles. The Hall–Kier alpha value is -1.84. The van der Waals surface area contributed by atoms with Crippen LogP contribution in [0.5, 0.6) is 0 Å². The molecule has 0 saturated carbocycles. The molecule has 4 rings (SSSR count). The van der Waals surface area contributed by atoms with Crippen LogP contribution in [-0.2, 0) is 12.0 Å². The number of amidine groups is 1. The first-order valence-corrected chi connectivity index (χ1v) is 9.48. The molecule has 4 nitrogen and oxygen atoms in total. The molecule has 1 aliphatic carbocycles. The molecule has 2 N–H and O–H groups in total. The van der Waals surface area contributed by atoms with Gasteiger partial charge in [0, 0.05) is 21.7 Å². The fourth-order valence-corrected chi connectivity index (χ4v) is 5.65. The van der Waals surface area contributed by atoms with Crippen molar-refractivity contribution in [1.82, 2.24) is 4.98 Å². The van der Waals surface area contributed by atoms with Gasteiger partial charge >= 0.3 is 0 Å². The van der Waals surface area contributed by atoms with Crippen molar-refractivity contribution in [3.63, 3.8) is 0 Å². The third-order valence-electron chi connectivity index (χ3n) is 4.55. The minimum Gasteiger partial charge on any atom is -0.379 e. The van der Waals surface area contributed by atoms with Gasteiger partial charge in [-0.05, 0) is 55.0 Å². The van der Waals surface area contributed by atoms with Crippen LogP contribution in [0.25, 0.3) is 10.4 Å². The van der Waals surface area contributed by atoms with Crippen LogP contribution in [0.2, 0.25) is 0 Å². The molecule has 116 valence electrons. The predicted molar refractivity (Wildman–Crippen MR) is 95.6 cm³/mol. The summed E-state index contributed by atoms with van der Waals surface area (Å²) in [5.41, 5.74) is 8.77. The number of pyridine rings is 1. The van der Waals surface area contributed by atoms with Crippen LogP contribution in [0.15, 0.2) is 29.4 Å². The van der Waals surface area contributed by atoms with Crippen molar-refractivity contribution in [2.24, 2.45) is 10.7 Å². The molecule has 2 aromatic rings. The number of nitrogens with two attached hydrogens (primary N) is 1. The number of rotatable bonds is 1. The lowest BCUT2D eigenvalue weighted by Crippen LogP contribution is -2.34. The highest BCUT2D eigenvalue weighted by atomic mass is 32.2. The molecule has 3 heterocycles. The van der Waals surface area contributed by atoms with Gasteiger partial charge in [-0.1, -0.05) is 11.8 Å². The summed E-state index contributed by atoms with van der Waals surface area (Å²) >= 11 is 3.48. The molecule has 1 spiro atoms. The maximum Gasteiger partial charge on any atom is 0.154 e. The zero-order chi connectivity index (χ0) is 15.9. The molecule has 6 heteroatoms. The standard InChI is InChI=1S/C17H16N4S2/c18-10-12-8-11(3-6-20-12)15-9-13-14(23-15)2-1-4-17(13)5-7-22-16(19)21-17/h3,6,8-9H,1-2,4-5,7H2,(H2,19,21). The number of thiophene rings is 1. The monoisotopic (exact) mass is 340 g/mol. The van der Waals surface area contributed by atoms with Gasteiger partial charge in [-0.25, -0.2) is 4.98 Å². The summed E-state index contributed by atoms with van der Waals surface area (Å²) in [6.45, 7) is 0. The fraction of sp³-hybridized carbons (Fsp3) is 0.353. The van der Waals surface area contributed by atoms with Gasteiger partial charge in [-0.15, -0.1) is 11.3 Å². The lowest BCUT2D eigenvalue weighted by atomic mass is 9.78. The van der Waals surface area contributed by atoms with E-state index >= 15 is 0 Å². The summed E-state index contributed by atoms with van der Waals surface area (Å²) < 4.78 is 0. The minimum absolute atomic E-state index is 0.122. The zero-order valence-corrected chi connectivity index (χ0v) is 14.2. The summed E-state index contributed by atoms with van der Waals surface area (Å²) in [7, 11) is 0. The number of thioether (sulfide) groups is 1. The maximum absolute atomic E-state index is 9.06. The van der Waals surface area contributed by atoms with Gasteiger partial charge in [0.1, 0.15) is 11.8 Å². The van der Waals surface area contributed by atoms with Crippen molar-refractivity contribution in [1.29, 1.82) is 5.26 Å². The third kappa shape index (κ3) is 2.54. The molecule has 2 aliphatic rings. The molecule has 23 heavy (non-hydrogen) atoms. The topological polar surface area (TPSA) is 75.1 Å². The van der Waals surface area contributed by atoms with E-state index in [1.54, 1.807) is 18.0 Å². The first-order valence-electron chi connectivity index (χ1n) is 7.68. The molecular weight excluding hydrogens is 324 g/mol. The molecule has 0 fully saturated rings. The van der Waals surface area contributed by atoms with E-state index in [2.05, 4.69) is 17.1 Å². The van der Waals surface area contributed by atoms with Crippen molar-refractivity contribution in [2.75, 3.05) is 5.75 Å². The highest BCUT2D eigenvalue weighted by Crippen LogP contribution is 2.48. The van der Waals surface area contributed by atoms with Crippen LogP contribution in [0, 0.1) is 11.3 Å². The highest BCUT2D eigenvalue weighted by Gasteiger charge is 2.39. The van der Waals surface area contributed by atoms with Gasteiger partial charge in [0.15, 0.2) is 5.17 Å². The van der Waals surface area contributed by atoms with Crippen LogP contribution in [0.1, 0.15) is 35.4 Å². The van der Waals surface area contributed by atoms with Crippen molar-refractivity contribution in [3.05, 3.63) is 40.5 Å². The first kappa shape index (κ1) is 14.7. The van der Waals surface area contributed by atoms with E-state index in [4.69, 9.17) is 16.0 Å². The third-order valence-corrected chi connectivity index (χ3v) is 6.59. The molecule has 0 amide bonds. The Morgan fingerprint density at radius 3 is 3.04 bits per heavy atom. The number of aromatic nitrogens is 1. The van der Waals surface area contributed by atoms with Crippen molar-refractivity contribution >= 4 is 28.3 Å². The lowest BCUT2D eigenvalue weighted by Gasteiger charge is -2.36. The quantitative estimate of drug-likeness (QED) is 0.859. The molecule has 1 aliphatic heterocycles. The molecule has 0 bridgehead atoms. The second-order valence-electron chi connectivity index (χ2n) is 5.92. The molecule has 1 atom stereocenters. The summed E-state index contributed by atoms with van der Waals surface area (Å²) in [5.74, 6) is 1.04. The molecular formula is C17H16N4S2.